The zero-order chi connectivity index (χ0) is 21.6. The first-order chi connectivity index (χ1) is 14.4. The van der Waals surface area contributed by atoms with Gasteiger partial charge in [-0.25, -0.2) is 8.42 Å². The molecule has 1 aromatic rings. The van der Waals surface area contributed by atoms with Crippen LogP contribution in [0.3, 0.4) is 0 Å². The molecular formula is C22H32N2O5S. The Kier molecular flexibility index (Phi) is 7.75. The first-order valence-corrected chi connectivity index (χ1v) is 12.5. The van der Waals surface area contributed by atoms with Crippen LogP contribution in [-0.2, 0) is 25.8 Å². The van der Waals surface area contributed by atoms with Crippen LogP contribution in [0.4, 0.5) is 0 Å². The van der Waals surface area contributed by atoms with E-state index < -0.39 is 9.84 Å². The standard InChI is InChI=1S/C22H32N2O5S/c1-29-20-9-5-2-6-17(20)16-22(26)24-13-10-18(11-14-24)23-21(25)12-15-30(27,28)19-7-3-4-8-19/h2,5-6,9,18-19H,3-4,7-8,10-16H2,1H3,(H,23,25). The van der Waals surface area contributed by atoms with Gasteiger partial charge in [-0.3, -0.25) is 9.59 Å². The summed E-state index contributed by atoms with van der Waals surface area (Å²) in [4.78, 5) is 26.7. The molecule has 1 aliphatic heterocycles. The van der Waals surface area contributed by atoms with Crippen molar-refractivity contribution in [2.75, 3.05) is 26.0 Å². The van der Waals surface area contributed by atoms with E-state index in [-0.39, 0.29) is 35.3 Å². The first-order valence-electron chi connectivity index (χ1n) is 10.8. The number of rotatable bonds is 8. The fourth-order valence-corrected chi connectivity index (χ4v) is 6.20. The number of hydrogen-bond acceptors (Lipinski definition) is 5. The van der Waals surface area contributed by atoms with Crippen molar-refractivity contribution in [1.29, 1.82) is 0 Å². The third-order valence-corrected chi connectivity index (χ3v) is 8.43. The van der Waals surface area contributed by atoms with Gasteiger partial charge in [0.2, 0.25) is 11.8 Å². The summed E-state index contributed by atoms with van der Waals surface area (Å²) in [6.07, 6.45) is 5.05. The smallest absolute Gasteiger partial charge is 0.227 e. The highest BCUT2D eigenvalue weighted by atomic mass is 32.2. The summed E-state index contributed by atoms with van der Waals surface area (Å²) in [5, 5.41) is 2.69. The lowest BCUT2D eigenvalue weighted by Crippen LogP contribution is -2.47. The normalized spacial score (nSPS) is 18.4. The van der Waals surface area contributed by atoms with Gasteiger partial charge in [-0.15, -0.1) is 0 Å². The summed E-state index contributed by atoms with van der Waals surface area (Å²) in [7, 11) is -1.58. The van der Waals surface area contributed by atoms with Crippen molar-refractivity contribution < 1.29 is 22.7 Å². The molecule has 30 heavy (non-hydrogen) atoms. The minimum Gasteiger partial charge on any atom is -0.496 e. The molecule has 1 aliphatic carbocycles. The Labute approximate surface area is 179 Å². The molecule has 2 amide bonds. The Hall–Kier alpha value is -2.09. The quantitative estimate of drug-likeness (QED) is 0.674. The monoisotopic (exact) mass is 436 g/mol. The zero-order valence-electron chi connectivity index (χ0n) is 17.6. The largest absolute Gasteiger partial charge is 0.496 e. The van der Waals surface area contributed by atoms with E-state index in [9.17, 15) is 18.0 Å². The van der Waals surface area contributed by atoms with Crippen LogP contribution in [0.15, 0.2) is 24.3 Å². The minimum absolute atomic E-state index is 0.0120. The Morgan fingerprint density at radius 1 is 1.10 bits per heavy atom. The number of hydrogen-bond donors (Lipinski definition) is 1. The highest BCUT2D eigenvalue weighted by molar-refractivity contribution is 7.92. The van der Waals surface area contributed by atoms with Gasteiger partial charge in [-0.05, 0) is 31.7 Å². The maximum Gasteiger partial charge on any atom is 0.227 e. The van der Waals surface area contributed by atoms with Crippen LogP contribution in [0.25, 0.3) is 0 Å². The van der Waals surface area contributed by atoms with Gasteiger partial charge in [0.1, 0.15) is 5.75 Å². The van der Waals surface area contributed by atoms with Gasteiger partial charge in [0, 0.05) is 31.1 Å². The highest BCUT2D eigenvalue weighted by Gasteiger charge is 2.29. The number of nitrogens with one attached hydrogen (secondary N) is 1. The van der Waals surface area contributed by atoms with Gasteiger partial charge in [-0.1, -0.05) is 31.0 Å². The van der Waals surface area contributed by atoms with Crippen LogP contribution in [0.1, 0.15) is 50.5 Å². The molecule has 1 N–H and O–H groups in total. The van der Waals surface area contributed by atoms with Crippen molar-refractivity contribution >= 4 is 21.7 Å². The fourth-order valence-electron chi connectivity index (χ4n) is 4.35. The van der Waals surface area contributed by atoms with Gasteiger partial charge < -0.3 is 15.0 Å². The number of piperidine rings is 1. The van der Waals surface area contributed by atoms with E-state index in [1.807, 2.05) is 29.2 Å². The summed E-state index contributed by atoms with van der Waals surface area (Å²) >= 11 is 0. The van der Waals surface area contributed by atoms with Gasteiger partial charge in [0.05, 0.1) is 24.5 Å². The van der Waals surface area contributed by atoms with E-state index in [4.69, 9.17) is 4.74 Å². The third kappa shape index (κ3) is 5.97. The SMILES string of the molecule is COc1ccccc1CC(=O)N1CCC(NC(=O)CCS(=O)(=O)C2CCCC2)CC1. The Morgan fingerprint density at radius 2 is 1.77 bits per heavy atom. The molecule has 0 spiro atoms. The number of methoxy groups -OCH3 is 1. The van der Waals surface area contributed by atoms with E-state index in [0.29, 0.717) is 38.1 Å². The van der Waals surface area contributed by atoms with Crippen LogP contribution in [0.2, 0.25) is 0 Å². The van der Waals surface area contributed by atoms with Crippen molar-refractivity contribution in [2.45, 2.75) is 62.7 Å². The molecule has 1 saturated heterocycles. The number of likely N-dealkylation sites (tertiary alicyclic amines) is 1. The third-order valence-electron chi connectivity index (χ3n) is 6.17. The molecular weight excluding hydrogens is 404 g/mol. The number of nitrogens with zero attached hydrogens (tertiary/aromatic N) is 1. The lowest BCUT2D eigenvalue weighted by molar-refractivity contribution is -0.131. The Morgan fingerprint density at radius 3 is 2.43 bits per heavy atom. The van der Waals surface area contributed by atoms with Gasteiger partial charge in [-0.2, -0.15) is 0 Å². The van der Waals surface area contributed by atoms with Crippen molar-refractivity contribution in [3.8, 4) is 5.75 Å². The van der Waals surface area contributed by atoms with Crippen LogP contribution in [-0.4, -0.2) is 62.4 Å². The van der Waals surface area contributed by atoms with E-state index in [0.717, 1.165) is 31.2 Å². The maximum atomic E-state index is 12.6. The summed E-state index contributed by atoms with van der Waals surface area (Å²) in [5.74, 6) is 0.475. The molecule has 8 heteroatoms. The number of carbonyl (C=O) groups is 2. The number of sulfone groups is 1. The second-order valence-electron chi connectivity index (χ2n) is 8.23. The van der Waals surface area contributed by atoms with Crippen molar-refractivity contribution in [1.82, 2.24) is 10.2 Å². The second-order valence-corrected chi connectivity index (χ2v) is 10.6. The lowest BCUT2D eigenvalue weighted by atomic mass is 10.0. The molecule has 0 bridgehead atoms. The average Bonchev–Trinajstić information content (AvgIpc) is 3.29. The second kappa shape index (κ2) is 10.3. The van der Waals surface area contributed by atoms with Crippen molar-refractivity contribution in [3.05, 3.63) is 29.8 Å². The molecule has 0 unspecified atom stereocenters. The maximum absolute atomic E-state index is 12.6. The lowest BCUT2D eigenvalue weighted by Gasteiger charge is -2.32. The number of amides is 2. The molecule has 1 aromatic carbocycles. The summed E-state index contributed by atoms with van der Waals surface area (Å²) in [6.45, 7) is 1.17. The first kappa shape index (κ1) is 22.6. The summed E-state index contributed by atoms with van der Waals surface area (Å²) in [6, 6.07) is 7.49. The number of carbonyl (C=O) groups excluding carboxylic acids is 2. The molecule has 0 aromatic heterocycles. The molecule has 0 atom stereocenters. The zero-order valence-corrected chi connectivity index (χ0v) is 18.5. The number of para-hydroxylation sites is 1. The molecule has 1 saturated carbocycles. The topological polar surface area (TPSA) is 92.8 Å². The average molecular weight is 437 g/mol. The minimum atomic E-state index is -3.18. The molecule has 2 aliphatic rings. The van der Waals surface area contributed by atoms with Crippen LogP contribution in [0, 0.1) is 0 Å². The van der Waals surface area contributed by atoms with Crippen molar-refractivity contribution in [3.63, 3.8) is 0 Å². The van der Waals surface area contributed by atoms with E-state index in [2.05, 4.69) is 5.32 Å². The number of benzene rings is 1. The molecule has 0 radical (unpaired) electrons. The van der Waals surface area contributed by atoms with E-state index in [1.54, 1.807) is 7.11 Å². The van der Waals surface area contributed by atoms with Gasteiger partial charge in [0.25, 0.3) is 0 Å². The molecule has 7 nitrogen and oxygen atoms in total. The van der Waals surface area contributed by atoms with E-state index >= 15 is 0 Å². The van der Waals surface area contributed by atoms with Crippen LogP contribution in [0.5, 0.6) is 5.75 Å². The van der Waals surface area contributed by atoms with Gasteiger partial charge >= 0.3 is 0 Å². The molecule has 166 valence electrons. The Bertz CT molecular complexity index is 841. The fraction of sp³-hybridized carbons (Fsp3) is 0.636. The predicted octanol–water partition coefficient (Wildman–Crippen LogP) is 2.09. The van der Waals surface area contributed by atoms with Crippen LogP contribution >= 0.6 is 0 Å². The van der Waals surface area contributed by atoms with E-state index in [1.165, 1.54) is 0 Å². The molecule has 3 rings (SSSR count). The predicted molar refractivity (Wildman–Crippen MR) is 115 cm³/mol. The molecule has 1 heterocycles. The van der Waals surface area contributed by atoms with Crippen molar-refractivity contribution in [2.24, 2.45) is 0 Å². The summed E-state index contributed by atoms with van der Waals surface area (Å²) < 4.78 is 29.9. The molecule has 2 fully saturated rings. The Balaban J connectivity index is 1.40. The van der Waals surface area contributed by atoms with Crippen LogP contribution < -0.4 is 10.1 Å². The van der Waals surface area contributed by atoms with Gasteiger partial charge in [0.15, 0.2) is 9.84 Å². The number of ether oxygens (including phenoxy) is 1. The summed E-state index contributed by atoms with van der Waals surface area (Å²) in [5.41, 5.74) is 0.865. The highest BCUT2D eigenvalue weighted by Crippen LogP contribution is 2.25.